The zero-order valence-corrected chi connectivity index (χ0v) is 23.5. The fourth-order valence-corrected chi connectivity index (χ4v) is 5.00. The number of nitrogens with one attached hydrogen (secondary N) is 1. The van der Waals surface area contributed by atoms with Crippen molar-refractivity contribution in [3.63, 3.8) is 0 Å². The van der Waals surface area contributed by atoms with Crippen LogP contribution in [0.2, 0.25) is 0 Å². The van der Waals surface area contributed by atoms with Crippen LogP contribution in [0.25, 0.3) is 0 Å². The lowest BCUT2D eigenvalue weighted by molar-refractivity contribution is -0.155. The monoisotopic (exact) mass is 572 g/mol. The fourth-order valence-electron chi connectivity index (χ4n) is 5.00. The Morgan fingerprint density at radius 1 is 0.881 bits per heavy atom. The third kappa shape index (κ3) is 9.11. The smallest absolute Gasteiger partial charge is 0.310 e. The van der Waals surface area contributed by atoms with E-state index in [0.29, 0.717) is 25.8 Å². The van der Waals surface area contributed by atoms with Gasteiger partial charge in [0, 0.05) is 19.5 Å². The van der Waals surface area contributed by atoms with Gasteiger partial charge in [-0.1, -0.05) is 84.9 Å². The molecule has 42 heavy (non-hydrogen) atoms. The number of allylic oxidation sites excluding steroid dienone is 2. The van der Waals surface area contributed by atoms with E-state index in [9.17, 15) is 23.9 Å². The van der Waals surface area contributed by atoms with Gasteiger partial charge in [-0.15, -0.1) is 0 Å². The highest BCUT2D eigenvalue weighted by atomic mass is 19.1. The van der Waals surface area contributed by atoms with Crippen molar-refractivity contribution in [1.29, 1.82) is 0 Å². The first-order chi connectivity index (χ1) is 20.4. The predicted octanol–water partition coefficient (Wildman–Crippen LogP) is 4.76. The van der Waals surface area contributed by atoms with Crippen LogP contribution in [0.15, 0.2) is 97.1 Å². The van der Waals surface area contributed by atoms with Gasteiger partial charge >= 0.3 is 5.97 Å². The molecular weight excluding hydrogens is 535 g/mol. The zero-order valence-electron chi connectivity index (χ0n) is 23.5. The van der Waals surface area contributed by atoms with E-state index in [1.165, 1.54) is 12.1 Å². The van der Waals surface area contributed by atoms with Crippen molar-refractivity contribution in [2.45, 2.75) is 38.3 Å². The van der Waals surface area contributed by atoms with Crippen molar-refractivity contribution >= 4 is 17.8 Å². The Hall–Kier alpha value is -4.30. The molecule has 220 valence electrons. The number of hydrogen-bond acceptors (Lipinski definition) is 5. The topological polar surface area (TPSA) is 95.9 Å². The van der Waals surface area contributed by atoms with Crippen LogP contribution in [0.5, 0.6) is 0 Å². The van der Waals surface area contributed by atoms with Crippen LogP contribution >= 0.6 is 0 Å². The third-order valence-corrected chi connectivity index (χ3v) is 7.36. The maximum absolute atomic E-state index is 13.5. The summed E-state index contributed by atoms with van der Waals surface area (Å²) < 4.78 is 19.4. The Morgan fingerprint density at radius 2 is 1.52 bits per heavy atom. The highest BCUT2D eigenvalue weighted by Gasteiger charge is 2.28. The molecule has 1 heterocycles. The first kappa shape index (κ1) is 30.7. The first-order valence-corrected chi connectivity index (χ1v) is 14.3. The minimum absolute atomic E-state index is 0.0300. The number of carbonyl (C=O) groups excluding carboxylic acids is 3. The first-order valence-electron chi connectivity index (χ1n) is 14.3. The molecule has 0 saturated heterocycles. The van der Waals surface area contributed by atoms with Gasteiger partial charge in [0.15, 0.2) is 0 Å². The highest BCUT2D eigenvalue weighted by Crippen LogP contribution is 2.24. The summed E-state index contributed by atoms with van der Waals surface area (Å²) in [4.78, 5) is 41.6. The number of aliphatic hydroxyl groups is 1. The number of aliphatic hydroxyl groups excluding tert-OH is 1. The Balaban J connectivity index is 1.54. The van der Waals surface area contributed by atoms with Crippen LogP contribution in [-0.2, 0) is 32.1 Å². The SMILES string of the molecule is O=C1NC[C@H](c2ccccc2)OC(=O)[C@H](Cc2ccc(F)cc2)C/C=C\C[C@@H]1CC(=O)N(CCO)Cc1ccccc1. The molecular formula is C34H37FN2O5. The standard InChI is InChI=1S/C34H37FN2O5/c35-30-17-15-25(16-18-30)21-29-14-8-7-13-28(22-32(39)37(19-20-38)24-26-9-3-1-4-10-26)33(40)36-23-31(42-34(29)41)27-11-5-2-6-12-27/h1-12,15-18,28-29,31,38H,13-14,19-24H2,(H,36,40)/b8-7-/t28-,29+,31-/m1/s1. The van der Waals surface area contributed by atoms with Crippen LogP contribution < -0.4 is 5.32 Å². The molecule has 7 nitrogen and oxygen atoms in total. The van der Waals surface area contributed by atoms with E-state index in [4.69, 9.17) is 4.74 Å². The Kier molecular flexibility index (Phi) is 11.4. The van der Waals surface area contributed by atoms with Gasteiger partial charge in [0.25, 0.3) is 0 Å². The number of ether oxygens (including phenoxy) is 1. The number of esters is 1. The molecule has 1 aliphatic rings. The molecule has 3 aromatic rings. The van der Waals surface area contributed by atoms with Crippen LogP contribution in [-0.4, -0.2) is 47.5 Å². The summed E-state index contributed by atoms with van der Waals surface area (Å²) in [5.41, 5.74) is 2.49. The van der Waals surface area contributed by atoms with Gasteiger partial charge < -0.3 is 20.1 Å². The van der Waals surface area contributed by atoms with Crippen LogP contribution in [0.1, 0.15) is 42.1 Å². The van der Waals surface area contributed by atoms with Crippen LogP contribution in [0, 0.1) is 17.7 Å². The molecule has 0 radical (unpaired) electrons. The lowest BCUT2D eigenvalue weighted by Gasteiger charge is -2.26. The molecule has 0 saturated carbocycles. The van der Waals surface area contributed by atoms with E-state index in [-0.39, 0.29) is 43.7 Å². The summed E-state index contributed by atoms with van der Waals surface area (Å²) in [7, 11) is 0. The van der Waals surface area contributed by atoms with Crippen molar-refractivity contribution in [3.05, 3.63) is 120 Å². The molecule has 3 atom stereocenters. The molecule has 3 aromatic carbocycles. The Labute approximate surface area is 246 Å². The molecule has 0 aromatic heterocycles. The highest BCUT2D eigenvalue weighted by molar-refractivity contribution is 5.86. The average molecular weight is 573 g/mol. The third-order valence-electron chi connectivity index (χ3n) is 7.36. The van der Waals surface area contributed by atoms with Crippen molar-refractivity contribution in [1.82, 2.24) is 10.2 Å². The number of benzene rings is 3. The van der Waals surface area contributed by atoms with Crippen LogP contribution in [0.3, 0.4) is 0 Å². The van der Waals surface area contributed by atoms with E-state index in [1.807, 2.05) is 72.8 Å². The summed E-state index contributed by atoms with van der Waals surface area (Å²) in [6.45, 7) is 0.363. The zero-order chi connectivity index (χ0) is 29.7. The quantitative estimate of drug-likeness (QED) is 0.285. The molecule has 2 N–H and O–H groups in total. The average Bonchev–Trinajstić information content (AvgIpc) is 3.01. The number of amides is 2. The molecule has 0 aliphatic carbocycles. The number of nitrogens with zero attached hydrogens (tertiary/aromatic N) is 1. The van der Waals surface area contributed by atoms with Crippen molar-refractivity contribution in [3.8, 4) is 0 Å². The van der Waals surface area contributed by atoms with Crippen molar-refractivity contribution in [2.24, 2.45) is 11.8 Å². The second kappa shape index (κ2) is 15.6. The van der Waals surface area contributed by atoms with E-state index < -0.39 is 23.9 Å². The van der Waals surface area contributed by atoms with E-state index in [2.05, 4.69) is 5.32 Å². The van der Waals surface area contributed by atoms with E-state index in [1.54, 1.807) is 17.0 Å². The minimum atomic E-state index is -0.720. The van der Waals surface area contributed by atoms with Crippen LogP contribution in [0.4, 0.5) is 4.39 Å². The maximum Gasteiger partial charge on any atom is 0.310 e. The van der Waals surface area contributed by atoms with E-state index >= 15 is 0 Å². The van der Waals surface area contributed by atoms with E-state index in [0.717, 1.165) is 16.7 Å². The van der Waals surface area contributed by atoms with Gasteiger partial charge in [0.05, 0.1) is 25.0 Å². The number of rotatable bonds is 9. The van der Waals surface area contributed by atoms with Gasteiger partial charge in [-0.2, -0.15) is 0 Å². The second-order valence-electron chi connectivity index (χ2n) is 10.5. The molecule has 4 rings (SSSR count). The van der Waals surface area contributed by atoms with Crippen molar-refractivity contribution < 1.29 is 28.6 Å². The number of carbonyl (C=O) groups is 3. The Morgan fingerprint density at radius 3 is 2.19 bits per heavy atom. The van der Waals surface area contributed by atoms with Gasteiger partial charge in [0.1, 0.15) is 11.9 Å². The van der Waals surface area contributed by atoms with Gasteiger partial charge in [-0.3, -0.25) is 14.4 Å². The molecule has 0 spiro atoms. The number of cyclic esters (lactones) is 1. The summed E-state index contributed by atoms with van der Waals surface area (Å²) >= 11 is 0. The molecule has 1 aliphatic heterocycles. The van der Waals surface area contributed by atoms with Crippen molar-refractivity contribution in [2.75, 3.05) is 19.7 Å². The summed E-state index contributed by atoms with van der Waals surface area (Å²) in [6, 6.07) is 24.8. The second-order valence-corrected chi connectivity index (χ2v) is 10.5. The minimum Gasteiger partial charge on any atom is -0.455 e. The van der Waals surface area contributed by atoms with Gasteiger partial charge in [-0.25, -0.2) is 4.39 Å². The molecule has 0 unspecified atom stereocenters. The largest absolute Gasteiger partial charge is 0.455 e. The fraction of sp³-hybridized carbons (Fsp3) is 0.324. The lowest BCUT2D eigenvalue weighted by Crippen LogP contribution is -2.40. The molecule has 8 heteroatoms. The predicted molar refractivity (Wildman–Crippen MR) is 157 cm³/mol. The number of hydrogen-bond donors (Lipinski definition) is 2. The van der Waals surface area contributed by atoms with Gasteiger partial charge in [-0.05, 0) is 48.1 Å². The Bertz CT molecular complexity index is 1330. The van der Waals surface area contributed by atoms with Gasteiger partial charge in [0.2, 0.25) is 11.8 Å². The molecule has 0 bridgehead atoms. The molecule has 2 amide bonds. The maximum atomic E-state index is 13.5. The number of halogens is 1. The lowest BCUT2D eigenvalue weighted by atomic mass is 9.94. The normalized spacial score (nSPS) is 20.4. The summed E-state index contributed by atoms with van der Waals surface area (Å²) in [5.74, 6) is -2.45. The summed E-state index contributed by atoms with van der Waals surface area (Å²) in [5, 5.41) is 12.5. The summed E-state index contributed by atoms with van der Waals surface area (Å²) in [6.07, 6.45) is 3.96. The molecule has 0 fully saturated rings.